The molecule has 0 saturated carbocycles. The number of halogens is 1. The molecular weight excluding hydrogens is 437 g/mol. The second-order valence-electron chi connectivity index (χ2n) is 7.63. The summed E-state index contributed by atoms with van der Waals surface area (Å²) in [5.74, 6) is -0.428. The van der Waals surface area contributed by atoms with Crippen molar-refractivity contribution in [2.24, 2.45) is 0 Å². The number of rotatable bonds is 9. The Labute approximate surface area is 195 Å². The fourth-order valence-electron chi connectivity index (χ4n) is 3.82. The van der Waals surface area contributed by atoms with E-state index in [1.807, 2.05) is 12.1 Å². The van der Waals surface area contributed by atoms with Crippen molar-refractivity contribution in [1.82, 2.24) is 9.97 Å². The molecule has 2 heterocycles. The minimum absolute atomic E-state index is 0.0917. The first-order valence-electron chi connectivity index (χ1n) is 10.8. The zero-order chi connectivity index (χ0) is 24.1. The van der Waals surface area contributed by atoms with E-state index in [4.69, 9.17) is 9.47 Å². The summed E-state index contributed by atoms with van der Waals surface area (Å²) in [7, 11) is 1.53. The molecule has 2 aromatic carbocycles. The van der Waals surface area contributed by atoms with Crippen LogP contribution in [0.4, 0.5) is 10.1 Å². The van der Waals surface area contributed by atoms with Crippen LogP contribution >= 0.6 is 0 Å². The normalized spacial score (nSPS) is 11.7. The van der Waals surface area contributed by atoms with E-state index in [0.717, 1.165) is 5.56 Å². The first kappa shape index (κ1) is 23.0. The van der Waals surface area contributed by atoms with E-state index in [-0.39, 0.29) is 18.2 Å². The van der Waals surface area contributed by atoms with E-state index in [1.165, 1.54) is 19.2 Å². The van der Waals surface area contributed by atoms with E-state index < -0.39 is 11.9 Å². The van der Waals surface area contributed by atoms with Gasteiger partial charge in [-0.2, -0.15) is 0 Å². The molecule has 2 N–H and O–H groups in total. The van der Waals surface area contributed by atoms with Gasteiger partial charge in [-0.1, -0.05) is 30.3 Å². The molecule has 0 radical (unpaired) electrons. The lowest BCUT2D eigenvalue weighted by atomic mass is 9.96. The van der Waals surface area contributed by atoms with Gasteiger partial charge in [0.05, 0.1) is 38.2 Å². The predicted molar refractivity (Wildman–Crippen MR) is 127 cm³/mol. The Morgan fingerprint density at radius 2 is 1.94 bits per heavy atom. The number of Topliss-reactive ketones (excluding diaryl/α,β-unsaturated/α-hetero) is 1. The third-order valence-electron chi connectivity index (χ3n) is 5.43. The summed E-state index contributed by atoms with van der Waals surface area (Å²) < 4.78 is 23.9. The third-order valence-corrected chi connectivity index (χ3v) is 5.43. The number of pyridine rings is 1. The number of carbonyl (C=O) groups excluding carboxylic acids is 2. The molecule has 0 bridgehead atoms. The molecule has 0 spiro atoms. The summed E-state index contributed by atoms with van der Waals surface area (Å²) in [4.78, 5) is 33.1. The largest absolute Gasteiger partial charge is 0.495 e. The van der Waals surface area contributed by atoms with Gasteiger partial charge >= 0.3 is 5.97 Å². The molecule has 4 aromatic rings. The van der Waals surface area contributed by atoms with Crippen LogP contribution in [0.15, 0.2) is 67.1 Å². The summed E-state index contributed by atoms with van der Waals surface area (Å²) >= 11 is 0. The highest BCUT2D eigenvalue weighted by Gasteiger charge is 2.25. The lowest BCUT2D eigenvalue weighted by Crippen LogP contribution is -2.21. The molecular formula is C26H24FN3O4. The van der Waals surface area contributed by atoms with Crippen LogP contribution in [0.5, 0.6) is 5.75 Å². The molecule has 34 heavy (non-hydrogen) atoms. The zero-order valence-corrected chi connectivity index (χ0v) is 18.8. The van der Waals surface area contributed by atoms with Crippen LogP contribution in [0.3, 0.4) is 0 Å². The van der Waals surface area contributed by atoms with Gasteiger partial charge < -0.3 is 19.8 Å². The Balaban J connectivity index is 1.72. The number of hydrogen-bond donors (Lipinski definition) is 2. The molecule has 0 aliphatic carbocycles. The minimum atomic E-state index is -0.817. The van der Waals surface area contributed by atoms with Crippen LogP contribution in [0.2, 0.25) is 0 Å². The number of nitrogens with zero attached hydrogens (tertiary/aromatic N) is 1. The smallest absolute Gasteiger partial charge is 0.310 e. The minimum Gasteiger partial charge on any atom is -0.495 e. The van der Waals surface area contributed by atoms with E-state index >= 15 is 0 Å². The lowest BCUT2D eigenvalue weighted by Gasteiger charge is -2.19. The first-order chi connectivity index (χ1) is 16.5. The molecule has 0 amide bonds. The Hall–Kier alpha value is -4.20. The highest BCUT2D eigenvalue weighted by atomic mass is 19.1. The highest BCUT2D eigenvalue weighted by Crippen LogP contribution is 2.30. The molecule has 0 aliphatic heterocycles. The highest BCUT2D eigenvalue weighted by molar-refractivity contribution is 6.12. The van der Waals surface area contributed by atoms with Crippen molar-refractivity contribution in [2.75, 3.05) is 19.0 Å². The number of para-hydroxylation sites is 1. The van der Waals surface area contributed by atoms with Crippen molar-refractivity contribution < 1.29 is 23.5 Å². The molecule has 0 aliphatic rings. The van der Waals surface area contributed by atoms with Crippen molar-refractivity contribution in [2.45, 2.75) is 19.4 Å². The average Bonchev–Trinajstić information content (AvgIpc) is 3.28. The number of ketones is 1. The third kappa shape index (κ3) is 4.91. The van der Waals surface area contributed by atoms with Crippen LogP contribution in [0.25, 0.3) is 10.9 Å². The number of anilines is 1. The van der Waals surface area contributed by atoms with Gasteiger partial charge in [0.2, 0.25) is 0 Å². The maximum absolute atomic E-state index is 13.8. The maximum atomic E-state index is 13.8. The van der Waals surface area contributed by atoms with E-state index in [1.54, 1.807) is 49.8 Å². The Bertz CT molecular complexity index is 1320. The van der Waals surface area contributed by atoms with Crippen molar-refractivity contribution in [3.63, 3.8) is 0 Å². The van der Waals surface area contributed by atoms with Crippen LogP contribution in [-0.4, -0.2) is 35.4 Å². The van der Waals surface area contributed by atoms with Crippen LogP contribution in [0, 0.1) is 5.82 Å². The number of hydrogen-bond acceptors (Lipinski definition) is 6. The number of nitrogens with one attached hydrogen (secondary N) is 2. The summed E-state index contributed by atoms with van der Waals surface area (Å²) in [6.45, 7) is 2.05. The van der Waals surface area contributed by atoms with E-state index in [9.17, 15) is 14.0 Å². The van der Waals surface area contributed by atoms with Crippen LogP contribution in [-0.2, 0) is 16.0 Å². The first-order valence-corrected chi connectivity index (χ1v) is 10.8. The Morgan fingerprint density at radius 3 is 2.68 bits per heavy atom. The molecule has 0 saturated heterocycles. The van der Waals surface area contributed by atoms with Crippen LogP contribution in [0.1, 0.15) is 34.5 Å². The second kappa shape index (κ2) is 10.2. The number of H-pyrrole nitrogens is 1. The number of fused-ring (bicyclic) bond motifs is 1. The number of aromatic nitrogens is 2. The topological polar surface area (TPSA) is 93.3 Å². The number of ether oxygens (including phenoxy) is 2. The lowest BCUT2D eigenvalue weighted by molar-refractivity contribution is -0.142. The zero-order valence-electron chi connectivity index (χ0n) is 18.8. The number of aromatic amines is 1. The van der Waals surface area contributed by atoms with E-state index in [0.29, 0.717) is 40.1 Å². The van der Waals surface area contributed by atoms with Gasteiger partial charge in [0.1, 0.15) is 17.6 Å². The molecule has 1 atom stereocenters. The Morgan fingerprint density at radius 1 is 1.15 bits per heavy atom. The van der Waals surface area contributed by atoms with Gasteiger partial charge in [-0.3, -0.25) is 14.6 Å². The second-order valence-corrected chi connectivity index (χ2v) is 7.63. The predicted octanol–water partition coefficient (Wildman–Crippen LogP) is 4.85. The van der Waals surface area contributed by atoms with Gasteiger partial charge in [0, 0.05) is 28.7 Å². The average molecular weight is 461 g/mol. The van der Waals surface area contributed by atoms with Crippen molar-refractivity contribution in [3.8, 4) is 5.75 Å². The summed E-state index contributed by atoms with van der Waals surface area (Å²) in [6, 6.07) is 12.1. The molecule has 8 heteroatoms. The quantitative estimate of drug-likeness (QED) is 0.273. The molecule has 174 valence electrons. The van der Waals surface area contributed by atoms with Crippen molar-refractivity contribution >= 4 is 28.3 Å². The standard InChI is InChI=1S/C26H24FN3O4/c1-3-34-23(31)11-17-5-4-6-21-22(15-29-24(17)21)26(32)25(16-7-9-18(27)10-8-16)30-19-12-20(33-2)14-28-13-19/h4-10,12-15,25,29-30H,3,11H2,1-2H3. The number of methoxy groups -OCH3 is 1. The SMILES string of the molecule is CCOC(=O)Cc1cccc2c(C(=O)C(Nc3cncc(OC)c3)c3ccc(F)cc3)c[nH]c12. The number of benzene rings is 2. The van der Waals surface area contributed by atoms with Crippen LogP contribution < -0.4 is 10.1 Å². The summed E-state index contributed by atoms with van der Waals surface area (Å²) in [6.07, 6.45) is 4.86. The van der Waals surface area contributed by atoms with Gasteiger partial charge in [-0.05, 0) is 30.2 Å². The van der Waals surface area contributed by atoms with Crippen molar-refractivity contribution in [3.05, 3.63) is 89.6 Å². The fraction of sp³-hybridized carbons (Fsp3) is 0.192. The summed E-state index contributed by atoms with van der Waals surface area (Å²) in [5.41, 5.74) is 3.03. The fourth-order valence-corrected chi connectivity index (χ4v) is 3.82. The molecule has 0 fully saturated rings. The van der Waals surface area contributed by atoms with Crippen molar-refractivity contribution in [1.29, 1.82) is 0 Å². The Kier molecular flexibility index (Phi) is 6.87. The van der Waals surface area contributed by atoms with Gasteiger partial charge in [0.25, 0.3) is 0 Å². The summed E-state index contributed by atoms with van der Waals surface area (Å²) in [5, 5.41) is 3.89. The molecule has 7 nitrogen and oxygen atoms in total. The van der Waals surface area contributed by atoms with Gasteiger partial charge in [-0.15, -0.1) is 0 Å². The maximum Gasteiger partial charge on any atom is 0.310 e. The molecule has 4 rings (SSSR count). The van der Waals surface area contributed by atoms with Gasteiger partial charge in [0.15, 0.2) is 5.78 Å². The number of esters is 1. The molecule has 1 unspecified atom stereocenters. The monoisotopic (exact) mass is 461 g/mol. The van der Waals surface area contributed by atoms with E-state index in [2.05, 4.69) is 15.3 Å². The number of carbonyl (C=O) groups is 2. The molecule has 2 aromatic heterocycles. The van der Waals surface area contributed by atoms with Gasteiger partial charge in [-0.25, -0.2) is 4.39 Å².